The lowest BCUT2D eigenvalue weighted by molar-refractivity contribution is -0.127. The number of carbonyl (C=O) groups excluding carboxylic acids is 1. The summed E-state index contributed by atoms with van der Waals surface area (Å²) in [4.78, 5) is 26.8. The van der Waals surface area contributed by atoms with Gasteiger partial charge in [-0.15, -0.1) is 0 Å². The van der Waals surface area contributed by atoms with Gasteiger partial charge in [0.05, 0.1) is 10.5 Å². The van der Waals surface area contributed by atoms with Crippen molar-refractivity contribution < 1.29 is 9.18 Å². The largest absolute Gasteiger partial charge is 0.346 e. The number of amides is 1. The van der Waals surface area contributed by atoms with Crippen LogP contribution in [0.15, 0.2) is 60.9 Å². The van der Waals surface area contributed by atoms with Crippen LogP contribution in [0.5, 0.6) is 0 Å². The van der Waals surface area contributed by atoms with Crippen molar-refractivity contribution in [3.63, 3.8) is 0 Å². The molecule has 0 aliphatic carbocycles. The highest BCUT2D eigenvalue weighted by Crippen LogP contribution is 2.29. The van der Waals surface area contributed by atoms with Crippen LogP contribution in [0.2, 0.25) is 5.02 Å². The Morgan fingerprint density at radius 2 is 2.00 bits per heavy atom. The molecule has 0 aliphatic rings. The van der Waals surface area contributed by atoms with Crippen molar-refractivity contribution in [3.8, 4) is 11.4 Å². The zero-order valence-corrected chi connectivity index (χ0v) is 19.1. The molecule has 8 heteroatoms. The summed E-state index contributed by atoms with van der Waals surface area (Å²) in [6, 6.07) is 14.2. The van der Waals surface area contributed by atoms with Gasteiger partial charge in [-0.2, -0.15) is 0 Å². The van der Waals surface area contributed by atoms with Gasteiger partial charge in [0, 0.05) is 49.5 Å². The molecule has 1 N–H and O–H groups in total. The second-order valence-corrected chi connectivity index (χ2v) is 8.19. The van der Waals surface area contributed by atoms with Crippen LogP contribution in [0.3, 0.4) is 0 Å². The molecule has 1 amide bonds. The van der Waals surface area contributed by atoms with E-state index in [9.17, 15) is 9.18 Å². The van der Waals surface area contributed by atoms with Crippen LogP contribution >= 0.6 is 11.6 Å². The highest BCUT2D eigenvalue weighted by molar-refractivity contribution is 6.31. The van der Waals surface area contributed by atoms with Crippen LogP contribution in [0.4, 0.5) is 15.9 Å². The molecule has 0 saturated carbocycles. The Kier molecular flexibility index (Phi) is 6.79. The van der Waals surface area contributed by atoms with Crippen LogP contribution in [-0.2, 0) is 11.2 Å². The molecule has 4 rings (SSSR count). The number of fused-ring (bicyclic) bond motifs is 1. The normalized spacial score (nSPS) is 10.9. The number of benzene rings is 2. The minimum absolute atomic E-state index is 0.0288. The predicted octanol–water partition coefficient (Wildman–Crippen LogP) is 5.64. The number of carbonyl (C=O) groups is 1. The van der Waals surface area contributed by atoms with Gasteiger partial charge in [0.15, 0.2) is 5.82 Å². The first kappa shape index (κ1) is 22.6. The second-order valence-electron chi connectivity index (χ2n) is 7.79. The fraction of sp³-hybridized carbons (Fsp3) is 0.200. The monoisotopic (exact) mass is 463 g/mol. The van der Waals surface area contributed by atoms with Crippen molar-refractivity contribution >= 4 is 39.9 Å². The molecule has 33 heavy (non-hydrogen) atoms. The molecule has 0 bridgehead atoms. The maximum absolute atomic E-state index is 13.6. The Hall–Kier alpha value is -3.58. The number of aryl methyl sites for hydroxylation is 1. The molecule has 0 spiro atoms. The third-order valence-corrected chi connectivity index (χ3v) is 5.65. The third-order valence-electron chi connectivity index (χ3n) is 5.36. The summed E-state index contributed by atoms with van der Waals surface area (Å²) in [6.07, 6.45) is 5.05. The number of hydrogen-bond donors (Lipinski definition) is 1. The van der Waals surface area contributed by atoms with Gasteiger partial charge in [0.2, 0.25) is 5.91 Å². The smallest absolute Gasteiger partial charge is 0.219 e. The number of pyridine rings is 1. The lowest BCUT2D eigenvalue weighted by Crippen LogP contribution is -2.25. The van der Waals surface area contributed by atoms with E-state index in [0.717, 1.165) is 34.9 Å². The standard InChI is InChI=1S/C25H23ClFN5O/c1-16(33)32(2)12-4-5-17-7-10-23-20(13-17)25(29-19-8-9-22(27)21(26)14-19)31-24(30-23)18-6-3-11-28-15-18/h3,6-11,13-15H,4-5,12H2,1-2H3,(H,29,30,31). The molecule has 0 atom stereocenters. The quantitative estimate of drug-likeness (QED) is 0.384. The minimum atomic E-state index is -0.483. The lowest BCUT2D eigenvalue weighted by atomic mass is 10.1. The fourth-order valence-electron chi connectivity index (χ4n) is 3.44. The molecule has 2 aromatic carbocycles. The van der Waals surface area contributed by atoms with Gasteiger partial charge in [-0.3, -0.25) is 9.78 Å². The highest BCUT2D eigenvalue weighted by atomic mass is 35.5. The number of rotatable bonds is 7. The van der Waals surface area contributed by atoms with E-state index in [-0.39, 0.29) is 10.9 Å². The van der Waals surface area contributed by atoms with E-state index in [2.05, 4.69) is 10.3 Å². The summed E-state index contributed by atoms with van der Waals surface area (Å²) in [7, 11) is 1.80. The SMILES string of the molecule is CC(=O)N(C)CCCc1ccc2nc(-c3cccnc3)nc(Nc3ccc(F)c(Cl)c3)c2c1. The second kappa shape index (κ2) is 9.92. The number of halogens is 2. The first-order valence-electron chi connectivity index (χ1n) is 10.6. The first-order chi connectivity index (χ1) is 15.9. The summed E-state index contributed by atoms with van der Waals surface area (Å²) < 4.78 is 13.6. The molecule has 2 aromatic heterocycles. The van der Waals surface area contributed by atoms with Crippen LogP contribution in [0.25, 0.3) is 22.3 Å². The van der Waals surface area contributed by atoms with E-state index in [4.69, 9.17) is 21.6 Å². The van der Waals surface area contributed by atoms with E-state index >= 15 is 0 Å². The maximum Gasteiger partial charge on any atom is 0.219 e. The molecule has 2 heterocycles. The highest BCUT2D eigenvalue weighted by Gasteiger charge is 2.12. The number of anilines is 2. The Labute approximate surface area is 196 Å². The first-order valence-corrected chi connectivity index (χ1v) is 10.9. The Morgan fingerprint density at radius 1 is 1.15 bits per heavy atom. The van der Waals surface area contributed by atoms with Crippen molar-refractivity contribution in [2.24, 2.45) is 0 Å². The van der Waals surface area contributed by atoms with Gasteiger partial charge in [-0.05, 0) is 60.9 Å². The van der Waals surface area contributed by atoms with Crippen molar-refractivity contribution in [2.45, 2.75) is 19.8 Å². The summed E-state index contributed by atoms with van der Waals surface area (Å²) in [5.74, 6) is 0.685. The van der Waals surface area contributed by atoms with Gasteiger partial charge in [0.1, 0.15) is 11.6 Å². The van der Waals surface area contributed by atoms with Gasteiger partial charge in [-0.1, -0.05) is 17.7 Å². The number of hydrogen-bond acceptors (Lipinski definition) is 5. The Bertz CT molecular complexity index is 1300. The van der Waals surface area contributed by atoms with E-state index < -0.39 is 5.82 Å². The molecule has 0 radical (unpaired) electrons. The van der Waals surface area contributed by atoms with Crippen LogP contribution < -0.4 is 5.32 Å². The van der Waals surface area contributed by atoms with Gasteiger partial charge in [0.25, 0.3) is 0 Å². The minimum Gasteiger partial charge on any atom is -0.346 e. The molecule has 4 aromatic rings. The van der Waals surface area contributed by atoms with Gasteiger partial charge in [-0.25, -0.2) is 14.4 Å². The fourth-order valence-corrected chi connectivity index (χ4v) is 3.62. The summed E-state index contributed by atoms with van der Waals surface area (Å²) in [5.41, 5.74) is 3.28. The molecule has 0 aliphatic heterocycles. The van der Waals surface area contributed by atoms with Crippen LogP contribution in [-0.4, -0.2) is 39.4 Å². The molecule has 0 unspecified atom stereocenters. The van der Waals surface area contributed by atoms with E-state index in [0.29, 0.717) is 23.9 Å². The van der Waals surface area contributed by atoms with Crippen molar-refractivity contribution in [2.75, 3.05) is 18.9 Å². The van der Waals surface area contributed by atoms with E-state index in [1.165, 1.54) is 12.1 Å². The lowest BCUT2D eigenvalue weighted by Gasteiger charge is -2.15. The number of nitrogens with one attached hydrogen (secondary N) is 1. The molecule has 168 valence electrons. The zero-order valence-electron chi connectivity index (χ0n) is 18.3. The average molecular weight is 464 g/mol. The third kappa shape index (κ3) is 5.43. The summed E-state index contributed by atoms with van der Waals surface area (Å²) >= 11 is 5.97. The predicted molar refractivity (Wildman–Crippen MR) is 129 cm³/mol. The van der Waals surface area contributed by atoms with Gasteiger partial charge >= 0.3 is 0 Å². The summed E-state index contributed by atoms with van der Waals surface area (Å²) in [5, 5.41) is 4.13. The van der Waals surface area contributed by atoms with Crippen LogP contribution in [0, 0.1) is 5.82 Å². The Morgan fingerprint density at radius 3 is 2.73 bits per heavy atom. The number of nitrogens with zero attached hydrogens (tertiary/aromatic N) is 4. The molecular weight excluding hydrogens is 441 g/mol. The number of aromatic nitrogens is 3. The molecular formula is C25H23ClFN5O. The molecule has 0 fully saturated rings. The maximum atomic E-state index is 13.6. The van der Waals surface area contributed by atoms with Crippen molar-refractivity contribution in [3.05, 3.63) is 77.3 Å². The summed E-state index contributed by atoms with van der Waals surface area (Å²) in [6.45, 7) is 2.25. The molecule has 0 saturated heterocycles. The van der Waals surface area contributed by atoms with E-state index in [1.54, 1.807) is 37.3 Å². The Balaban J connectivity index is 1.71. The van der Waals surface area contributed by atoms with Crippen molar-refractivity contribution in [1.82, 2.24) is 19.9 Å². The topological polar surface area (TPSA) is 71.0 Å². The van der Waals surface area contributed by atoms with Crippen LogP contribution in [0.1, 0.15) is 18.9 Å². The zero-order chi connectivity index (χ0) is 23.4. The molecule has 6 nitrogen and oxygen atoms in total. The average Bonchev–Trinajstić information content (AvgIpc) is 2.82. The van der Waals surface area contributed by atoms with E-state index in [1.807, 2.05) is 30.3 Å². The van der Waals surface area contributed by atoms with Gasteiger partial charge < -0.3 is 10.2 Å². The van der Waals surface area contributed by atoms with Crippen molar-refractivity contribution in [1.29, 1.82) is 0 Å².